The molecule has 2 saturated carbocycles. The summed E-state index contributed by atoms with van der Waals surface area (Å²) in [5, 5.41) is 3.35. The predicted octanol–water partition coefficient (Wildman–Crippen LogP) is 3.33. The van der Waals surface area contributed by atoms with Gasteiger partial charge in [0.15, 0.2) is 0 Å². The van der Waals surface area contributed by atoms with Crippen LogP contribution in [0.2, 0.25) is 0 Å². The van der Waals surface area contributed by atoms with E-state index in [1.54, 1.807) is 6.07 Å². The zero-order valence-electron chi connectivity index (χ0n) is 14.6. The van der Waals surface area contributed by atoms with Crippen molar-refractivity contribution >= 4 is 16.8 Å². The minimum Gasteiger partial charge on any atom is -0.491 e. The fraction of sp³-hybridized carbons (Fsp3) is 0.500. The van der Waals surface area contributed by atoms with Gasteiger partial charge in [-0.05, 0) is 49.1 Å². The van der Waals surface area contributed by atoms with Crippen molar-refractivity contribution in [2.24, 2.45) is 5.92 Å². The molecular formula is C20H24N2O3. The predicted molar refractivity (Wildman–Crippen MR) is 97.4 cm³/mol. The van der Waals surface area contributed by atoms with Crippen LogP contribution in [0.15, 0.2) is 23.0 Å². The highest BCUT2D eigenvalue weighted by molar-refractivity contribution is 5.98. The second-order valence-electron chi connectivity index (χ2n) is 7.28. The maximum absolute atomic E-state index is 12.4. The van der Waals surface area contributed by atoms with E-state index in [-0.39, 0.29) is 17.0 Å². The van der Waals surface area contributed by atoms with Crippen molar-refractivity contribution in [2.45, 2.75) is 44.4 Å². The number of hydrogen-bond acceptors (Lipinski definition) is 3. The van der Waals surface area contributed by atoms with E-state index in [1.165, 1.54) is 51.1 Å². The average molecular weight is 340 g/mol. The van der Waals surface area contributed by atoms with Crippen LogP contribution in [0.25, 0.3) is 10.9 Å². The van der Waals surface area contributed by atoms with Crippen molar-refractivity contribution in [1.29, 1.82) is 0 Å². The Morgan fingerprint density at radius 1 is 1.24 bits per heavy atom. The molecule has 0 bridgehead atoms. The molecule has 0 aliphatic heterocycles. The van der Waals surface area contributed by atoms with Crippen molar-refractivity contribution in [1.82, 2.24) is 10.3 Å². The van der Waals surface area contributed by atoms with Crippen LogP contribution in [-0.4, -0.2) is 24.5 Å². The van der Waals surface area contributed by atoms with Gasteiger partial charge in [0, 0.05) is 12.4 Å². The maximum atomic E-state index is 12.4. The first kappa shape index (κ1) is 16.2. The van der Waals surface area contributed by atoms with Crippen LogP contribution < -0.4 is 15.6 Å². The van der Waals surface area contributed by atoms with Gasteiger partial charge in [-0.2, -0.15) is 0 Å². The van der Waals surface area contributed by atoms with E-state index in [2.05, 4.69) is 16.4 Å². The van der Waals surface area contributed by atoms with Gasteiger partial charge < -0.3 is 15.0 Å². The Bertz CT molecular complexity index is 863. The molecule has 2 N–H and O–H groups in total. The van der Waals surface area contributed by atoms with Crippen molar-refractivity contribution < 1.29 is 9.53 Å². The van der Waals surface area contributed by atoms with E-state index >= 15 is 0 Å². The monoisotopic (exact) mass is 340 g/mol. The summed E-state index contributed by atoms with van der Waals surface area (Å²) < 4.78 is 6.22. The van der Waals surface area contributed by atoms with E-state index in [0.717, 1.165) is 16.7 Å². The number of fused-ring (bicyclic) bond motifs is 1. The van der Waals surface area contributed by atoms with Gasteiger partial charge in [-0.1, -0.05) is 25.0 Å². The number of aromatic amines is 1. The minimum atomic E-state index is -0.372. The van der Waals surface area contributed by atoms with Gasteiger partial charge in [0.25, 0.3) is 11.5 Å². The molecule has 2 aliphatic carbocycles. The molecule has 5 heteroatoms. The van der Waals surface area contributed by atoms with Gasteiger partial charge in [0.05, 0.1) is 12.1 Å². The van der Waals surface area contributed by atoms with E-state index in [1.807, 2.05) is 6.07 Å². The number of amides is 1. The Labute approximate surface area is 146 Å². The van der Waals surface area contributed by atoms with E-state index in [4.69, 9.17) is 4.74 Å². The first-order chi connectivity index (χ1) is 12.2. The molecule has 1 heterocycles. The van der Waals surface area contributed by atoms with E-state index in [0.29, 0.717) is 18.4 Å². The summed E-state index contributed by atoms with van der Waals surface area (Å²) in [6, 6.07) is 5.75. The van der Waals surface area contributed by atoms with Gasteiger partial charge in [-0.15, -0.1) is 0 Å². The molecule has 0 unspecified atom stereocenters. The molecule has 1 aromatic carbocycles. The Hall–Kier alpha value is -2.30. The third kappa shape index (κ3) is 2.92. The molecular weight excluding hydrogens is 316 g/mol. The lowest BCUT2D eigenvalue weighted by Crippen LogP contribution is -2.27. The number of pyridine rings is 1. The molecule has 0 radical (unpaired) electrons. The highest BCUT2D eigenvalue weighted by Crippen LogP contribution is 2.43. The molecule has 4 rings (SSSR count). The van der Waals surface area contributed by atoms with Gasteiger partial charge in [0.2, 0.25) is 0 Å². The van der Waals surface area contributed by atoms with Gasteiger partial charge in [0.1, 0.15) is 11.3 Å². The molecule has 2 fully saturated rings. The van der Waals surface area contributed by atoms with Crippen molar-refractivity contribution in [3.8, 4) is 5.75 Å². The van der Waals surface area contributed by atoms with Crippen LogP contribution in [-0.2, 0) is 0 Å². The molecule has 2 aromatic rings. The fourth-order valence-electron chi connectivity index (χ4n) is 3.63. The number of H-pyrrole nitrogens is 1. The number of carbonyl (C=O) groups is 1. The van der Waals surface area contributed by atoms with Crippen LogP contribution >= 0.6 is 0 Å². The van der Waals surface area contributed by atoms with Gasteiger partial charge in [-0.3, -0.25) is 9.59 Å². The third-order valence-electron chi connectivity index (χ3n) is 5.71. The lowest BCUT2D eigenvalue weighted by molar-refractivity contribution is 0.0961. The number of benzene rings is 1. The topological polar surface area (TPSA) is 71.2 Å². The lowest BCUT2D eigenvalue weighted by Gasteiger charge is -2.30. The summed E-state index contributed by atoms with van der Waals surface area (Å²) in [5.74, 6) is 1.59. The number of aromatic nitrogens is 1. The fourth-order valence-corrected chi connectivity index (χ4v) is 3.63. The number of rotatable bonds is 5. The third-order valence-corrected chi connectivity index (χ3v) is 5.71. The standard InChI is InChI=1S/C20H24N2O3/c1-21-19(23)16-10-14-8-9-15(13-6-3-7-13)18(17(14)22-20(16)24)25-11-12-4-2-5-12/h8-10,12-13H,2-7,11H2,1H3,(H,21,23)(H,22,24). The van der Waals surface area contributed by atoms with Crippen LogP contribution in [0, 0.1) is 5.92 Å². The van der Waals surface area contributed by atoms with Crippen molar-refractivity contribution in [3.05, 3.63) is 39.7 Å². The average Bonchev–Trinajstić information content (AvgIpc) is 2.52. The smallest absolute Gasteiger partial charge is 0.261 e. The normalized spacial score (nSPS) is 17.8. The Morgan fingerprint density at radius 3 is 2.60 bits per heavy atom. The van der Waals surface area contributed by atoms with E-state index in [9.17, 15) is 9.59 Å². The number of hydrogen-bond donors (Lipinski definition) is 2. The first-order valence-corrected chi connectivity index (χ1v) is 9.22. The van der Waals surface area contributed by atoms with Gasteiger partial charge >= 0.3 is 0 Å². The SMILES string of the molecule is CNC(=O)c1cc2ccc(C3CCC3)c(OCC3CCC3)c2[nH]c1=O. The molecule has 132 valence electrons. The Morgan fingerprint density at radius 2 is 2.00 bits per heavy atom. The Balaban J connectivity index is 1.79. The molecule has 1 aromatic heterocycles. The van der Waals surface area contributed by atoms with Crippen LogP contribution in [0.4, 0.5) is 0 Å². The summed E-state index contributed by atoms with van der Waals surface area (Å²) in [4.78, 5) is 27.2. The summed E-state index contributed by atoms with van der Waals surface area (Å²) in [6.07, 6.45) is 7.32. The molecule has 5 nitrogen and oxygen atoms in total. The highest BCUT2D eigenvalue weighted by Gasteiger charge is 2.26. The second-order valence-corrected chi connectivity index (χ2v) is 7.28. The molecule has 2 aliphatic rings. The molecule has 0 atom stereocenters. The van der Waals surface area contributed by atoms with Crippen LogP contribution in [0.5, 0.6) is 5.75 Å². The first-order valence-electron chi connectivity index (χ1n) is 9.22. The summed E-state index contributed by atoms with van der Waals surface area (Å²) in [6.45, 7) is 0.706. The zero-order valence-corrected chi connectivity index (χ0v) is 14.6. The Kier molecular flexibility index (Phi) is 4.24. The zero-order chi connectivity index (χ0) is 17.4. The highest BCUT2D eigenvalue weighted by atomic mass is 16.5. The van der Waals surface area contributed by atoms with Crippen LogP contribution in [0.1, 0.15) is 60.4 Å². The molecule has 25 heavy (non-hydrogen) atoms. The van der Waals surface area contributed by atoms with Crippen molar-refractivity contribution in [3.63, 3.8) is 0 Å². The molecule has 0 saturated heterocycles. The summed E-state index contributed by atoms with van der Waals surface area (Å²) >= 11 is 0. The lowest BCUT2D eigenvalue weighted by atomic mass is 9.79. The largest absolute Gasteiger partial charge is 0.491 e. The minimum absolute atomic E-state index is 0.135. The number of carbonyl (C=O) groups excluding carboxylic acids is 1. The van der Waals surface area contributed by atoms with E-state index < -0.39 is 0 Å². The van der Waals surface area contributed by atoms with Crippen molar-refractivity contribution in [2.75, 3.05) is 13.7 Å². The maximum Gasteiger partial charge on any atom is 0.261 e. The number of ether oxygens (including phenoxy) is 1. The summed E-state index contributed by atoms with van der Waals surface area (Å²) in [5.41, 5.74) is 1.69. The van der Waals surface area contributed by atoms with Crippen LogP contribution in [0.3, 0.4) is 0 Å². The second kappa shape index (κ2) is 6.54. The number of nitrogens with one attached hydrogen (secondary N) is 2. The summed E-state index contributed by atoms with van der Waals surface area (Å²) in [7, 11) is 1.53. The van der Waals surface area contributed by atoms with Gasteiger partial charge in [-0.25, -0.2) is 0 Å². The molecule has 1 amide bonds. The molecule has 0 spiro atoms. The quantitative estimate of drug-likeness (QED) is 0.877.